The van der Waals surface area contributed by atoms with Crippen LogP contribution in [-0.4, -0.2) is 61.8 Å². The second kappa shape index (κ2) is 8.16. The summed E-state index contributed by atoms with van der Waals surface area (Å²) in [5, 5.41) is 5.60. The summed E-state index contributed by atoms with van der Waals surface area (Å²) >= 11 is 0. The highest BCUT2D eigenvalue weighted by molar-refractivity contribution is 5.93. The molecule has 2 aliphatic heterocycles. The van der Waals surface area contributed by atoms with Crippen molar-refractivity contribution in [3.8, 4) is 0 Å². The zero-order chi connectivity index (χ0) is 18.6. The predicted octanol–water partition coefficient (Wildman–Crippen LogP) is 1.85. The largest absolute Gasteiger partial charge is 0.377 e. The first-order chi connectivity index (χ1) is 12.5. The molecule has 2 N–H and O–H groups in total. The smallest absolute Gasteiger partial charge is 0.238 e. The molecule has 0 radical (unpaired) electrons. The average molecular weight is 361 g/mol. The first kappa shape index (κ1) is 18.8. The molecule has 26 heavy (non-hydrogen) atoms. The highest BCUT2D eigenvalue weighted by atomic mass is 16.5. The van der Waals surface area contributed by atoms with Gasteiger partial charge in [0.25, 0.3) is 0 Å². The molecule has 2 heterocycles. The Morgan fingerprint density at radius 2 is 1.92 bits per heavy atom. The maximum Gasteiger partial charge on any atom is 0.238 e. The van der Waals surface area contributed by atoms with E-state index in [1.807, 2.05) is 0 Å². The highest BCUT2D eigenvalue weighted by Gasteiger charge is 2.46. The van der Waals surface area contributed by atoms with Crippen molar-refractivity contribution >= 4 is 23.2 Å². The van der Waals surface area contributed by atoms with Crippen LogP contribution in [0.15, 0.2) is 24.3 Å². The molecule has 0 aliphatic carbocycles. The van der Waals surface area contributed by atoms with E-state index in [1.54, 1.807) is 31.4 Å². The molecule has 0 saturated carbocycles. The molecule has 1 spiro atoms. The van der Waals surface area contributed by atoms with E-state index in [0.29, 0.717) is 24.5 Å². The Labute approximate surface area is 154 Å². The number of piperidine rings is 1. The summed E-state index contributed by atoms with van der Waals surface area (Å²) in [6.45, 7) is 4.11. The Morgan fingerprint density at radius 3 is 2.50 bits per heavy atom. The van der Waals surface area contributed by atoms with Crippen LogP contribution in [0.2, 0.25) is 0 Å². The average Bonchev–Trinajstić information content (AvgIpc) is 3.07. The summed E-state index contributed by atoms with van der Waals surface area (Å²) in [4.78, 5) is 25.5. The Kier molecular flexibility index (Phi) is 5.90. The second-order valence-corrected chi connectivity index (χ2v) is 7.03. The van der Waals surface area contributed by atoms with Gasteiger partial charge in [-0.2, -0.15) is 0 Å². The van der Waals surface area contributed by atoms with Gasteiger partial charge in [-0.1, -0.05) is 0 Å². The molecule has 1 aromatic carbocycles. The minimum absolute atomic E-state index is 0.00323. The molecule has 7 nitrogen and oxygen atoms in total. The zero-order valence-electron chi connectivity index (χ0n) is 15.4. The van der Waals surface area contributed by atoms with Gasteiger partial charge in [-0.3, -0.25) is 14.5 Å². The Bertz CT molecular complexity index is 641. The van der Waals surface area contributed by atoms with Gasteiger partial charge in [-0.05, 0) is 43.5 Å². The molecule has 2 aliphatic rings. The molecule has 0 unspecified atom stereocenters. The lowest BCUT2D eigenvalue weighted by Gasteiger charge is -2.44. The van der Waals surface area contributed by atoms with Gasteiger partial charge in [0.1, 0.15) is 0 Å². The number of anilines is 2. The standard InChI is InChI=1S/C19H27N3O4/c1-14(23)20-15-4-6-16(7-5-15)21-18(24)13-22-10-9-19(8-3-11-26-19)17(12-22)25-2/h4-7,17H,3,8-13H2,1-2H3,(H,20,23)(H,21,24)/t17-,19+/m1/s1. The first-order valence-corrected chi connectivity index (χ1v) is 9.07. The highest BCUT2D eigenvalue weighted by Crippen LogP contribution is 2.37. The summed E-state index contributed by atoms with van der Waals surface area (Å²) < 4.78 is 11.7. The van der Waals surface area contributed by atoms with E-state index in [1.165, 1.54) is 6.92 Å². The predicted molar refractivity (Wildman–Crippen MR) is 99.1 cm³/mol. The van der Waals surface area contributed by atoms with Crippen molar-refractivity contribution in [3.05, 3.63) is 24.3 Å². The number of rotatable bonds is 5. The van der Waals surface area contributed by atoms with Crippen LogP contribution in [0.4, 0.5) is 11.4 Å². The van der Waals surface area contributed by atoms with Gasteiger partial charge in [-0.15, -0.1) is 0 Å². The third-order valence-corrected chi connectivity index (χ3v) is 5.14. The minimum atomic E-state index is -0.165. The lowest BCUT2D eigenvalue weighted by Crippen LogP contribution is -2.57. The van der Waals surface area contributed by atoms with E-state index in [0.717, 1.165) is 32.4 Å². The third kappa shape index (κ3) is 4.41. The number of carbonyl (C=O) groups is 2. The van der Waals surface area contributed by atoms with Crippen molar-refractivity contribution in [1.29, 1.82) is 0 Å². The third-order valence-electron chi connectivity index (χ3n) is 5.14. The minimum Gasteiger partial charge on any atom is -0.377 e. The maximum absolute atomic E-state index is 12.4. The van der Waals surface area contributed by atoms with Crippen LogP contribution < -0.4 is 10.6 Å². The number of methoxy groups -OCH3 is 1. The van der Waals surface area contributed by atoms with Gasteiger partial charge >= 0.3 is 0 Å². The number of benzene rings is 1. The van der Waals surface area contributed by atoms with Gasteiger partial charge in [0.2, 0.25) is 11.8 Å². The Morgan fingerprint density at radius 1 is 1.23 bits per heavy atom. The molecule has 2 saturated heterocycles. The van der Waals surface area contributed by atoms with Gasteiger partial charge < -0.3 is 20.1 Å². The lowest BCUT2D eigenvalue weighted by atomic mass is 9.86. The monoisotopic (exact) mass is 361 g/mol. The van der Waals surface area contributed by atoms with Crippen LogP contribution in [0.1, 0.15) is 26.2 Å². The molecule has 2 fully saturated rings. The summed E-state index contributed by atoms with van der Waals surface area (Å²) in [6.07, 6.45) is 3.01. The molecule has 2 atom stereocenters. The van der Waals surface area contributed by atoms with Crippen molar-refractivity contribution in [2.75, 3.05) is 44.0 Å². The van der Waals surface area contributed by atoms with Crippen molar-refractivity contribution in [3.63, 3.8) is 0 Å². The molecule has 2 amide bonds. The van der Waals surface area contributed by atoms with Crippen LogP contribution in [0.5, 0.6) is 0 Å². The summed E-state index contributed by atoms with van der Waals surface area (Å²) in [5.74, 6) is -0.181. The number of hydrogen-bond acceptors (Lipinski definition) is 5. The molecule has 3 rings (SSSR count). The van der Waals surface area contributed by atoms with Gasteiger partial charge in [0, 0.05) is 45.1 Å². The summed E-state index contributed by atoms with van der Waals surface area (Å²) in [5.41, 5.74) is 1.25. The van der Waals surface area contributed by atoms with Crippen molar-refractivity contribution < 1.29 is 19.1 Å². The lowest BCUT2D eigenvalue weighted by molar-refractivity contribution is -0.145. The van der Waals surface area contributed by atoms with E-state index in [4.69, 9.17) is 9.47 Å². The normalized spacial score (nSPS) is 26.0. The fourth-order valence-corrected chi connectivity index (χ4v) is 3.85. The van der Waals surface area contributed by atoms with E-state index < -0.39 is 0 Å². The number of amides is 2. The molecule has 0 aromatic heterocycles. The fourth-order valence-electron chi connectivity index (χ4n) is 3.85. The Balaban J connectivity index is 1.51. The molecule has 7 heteroatoms. The number of ether oxygens (including phenoxy) is 2. The summed E-state index contributed by atoms with van der Waals surface area (Å²) in [6, 6.07) is 7.08. The fraction of sp³-hybridized carbons (Fsp3) is 0.579. The van der Waals surface area contributed by atoms with Crippen LogP contribution in [-0.2, 0) is 19.1 Å². The number of nitrogens with zero attached hydrogens (tertiary/aromatic N) is 1. The van der Waals surface area contributed by atoms with Crippen molar-refractivity contribution in [2.45, 2.75) is 37.9 Å². The molecule has 1 aromatic rings. The van der Waals surface area contributed by atoms with Crippen molar-refractivity contribution in [2.24, 2.45) is 0 Å². The zero-order valence-corrected chi connectivity index (χ0v) is 15.4. The van der Waals surface area contributed by atoms with Crippen LogP contribution in [0.25, 0.3) is 0 Å². The topological polar surface area (TPSA) is 79.9 Å². The van der Waals surface area contributed by atoms with Gasteiger partial charge in [0.05, 0.1) is 18.2 Å². The molecule has 0 bridgehead atoms. The SMILES string of the molecule is CO[C@@H]1CN(CC(=O)Nc2ccc(NC(C)=O)cc2)CC[C@@]12CCCO2. The molecular weight excluding hydrogens is 334 g/mol. The first-order valence-electron chi connectivity index (χ1n) is 9.07. The van der Waals surface area contributed by atoms with Crippen molar-refractivity contribution in [1.82, 2.24) is 4.90 Å². The van der Waals surface area contributed by atoms with E-state index >= 15 is 0 Å². The Hall–Kier alpha value is -1.96. The van der Waals surface area contributed by atoms with E-state index in [2.05, 4.69) is 15.5 Å². The maximum atomic E-state index is 12.4. The number of carbonyl (C=O) groups excluding carboxylic acids is 2. The number of likely N-dealkylation sites (tertiary alicyclic amines) is 1. The number of hydrogen-bond donors (Lipinski definition) is 2. The van der Waals surface area contributed by atoms with E-state index in [9.17, 15) is 9.59 Å². The molecule has 142 valence electrons. The van der Waals surface area contributed by atoms with E-state index in [-0.39, 0.29) is 23.5 Å². The van der Waals surface area contributed by atoms with Crippen LogP contribution >= 0.6 is 0 Å². The van der Waals surface area contributed by atoms with Gasteiger partial charge in [-0.25, -0.2) is 0 Å². The quantitative estimate of drug-likeness (QED) is 0.837. The van der Waals surface area contributed by atoms with Crippen LogP contribution in [0.3, 0.4) is 0 Å². The number of nitrogens with one attached hydrogen (secondary N) is 2. The second-order valence-electron chi connectivity index (χ2n) is 7.03. The summed E-state index contributed by atoms with van der Waals surface area (Å²) in [7, 11) is 1.72. The van der Waals surface area contributed by atoms with Crippen LogP contribution in [0, 0.1) is 0 Å². The molecular formula is C19H27N3O4. The van der Waals surface area contributed by atoms with Gasteiger partial charge in [0.15, 0.2) is 0 Å².